The van der Waals surface area contributed by atoms with Gasteiger partial charge >= 0.3 is 0 Å². The topological polar surface area (TPSA) is 35.2 Å². The van der Waals surface area contributed by atoms with Crippen LogP contribution in [0.15, 0.2) is 47.8 Å². The summed E-state index contributed by atoms with van der Waals surface area (Å²) in [5.41, 5.74) is 8.86. The predicted molar refractivity (Wildman–Crippen MR) is 90.2 cm³/mol. The van der Waals surface area contributed by atoms with Crippen LogP contribution in [-0.2, 0) is 6.42 Å². The van der Waals surface area contributed by atoms with Gasteiger partial charge in [0.15, 0.2) is 0 Å². The standard InChI is InChI=1S/C18H19NOS/c1-12-8-15(11-21-12)18(19)9-14-5-3-4-13-6-7-16(20-2)10-17(13)14/h3-8,10-11,18H,9,19H2,1-2H3. The molecule has 0 aliphatic rings. The summed E-state index contributed by atoms with van der Waals surface area (Å²) in [6.07, 6.45) is 0.834. The molecule has 1 heterocycles. The summed E-state index contributed by atoms with van der Waals surface area (Å²) >= 11 is 1.75. The Morgan fingerprint density at radius 3 is 2.76 bits per heavy atom. The summed E-state index contributed by atoms with van der Waals surface area (Å²) in [7, 11) is 1.70. The molecule has 0 saturated carbocycles. The summed E-state index contributed by atoms with van der Waals surface area (Å²) in [4.78, 5) is 1.31. The second-order valence-electron chi connectivity index (χ2n) is 5.31. The number of nitrogens with two attached hydrogens (primary N) is 1. The summed E-state index contributed by atoms with van der Waals surface area (Å²) < 4.78 is 5.34. The van der Waals surface area contributed by atoms with Crippen molar-refractivity contribution in [2.75, 3.05) is 7.11 Å². The first kappa shape index (κ1) is 14.1. The van der Waals surface area contributed by atoms with Crippen LogP contribution >= 0.6 is 11.3 Å². The van der Waals surface area contributed by atoms with Gasteiger partial charge in [-0.05, 0) is 58.8 Å². The Balaban J connectivity index is 1.96. The largest absolute Gasteiger partial charge is 0.497 e. The van der Waals surface area contributed by atoms with Crippen LogP contribution in [0.2, 0.25) is 0 Å². The fraction of sp³-hybridized carbons (Fsp3) is 0.222. The molecule has 0 fully saturated rings. The first-order valence-electron chi connectivity index (χ1n) is 7.03. The van der Waals surface area contributed by atoms with Gasteiger partial charge in [0.25, 0.3) is 0 Å². The molecule has 3 heteroatoms. The van der Waals surface area contributed by atoms with Gasteiger partial charge in [-0.2, -0.15) is 0 Å². The number of benzene rings is 2. The first-order valence-corrected chi connectivity index (χ1v) is 7.91. The molecule has 0 aliphatic carbocycles. The molecule has 108 valence electrons. The fourth-order valence-electron chi connectivity index (χ4n) is 2.63. The van der Waals surface area contributed by atoms with Crippen molar-refractivity contribution in [2.45, 2.75) is 19.4 Å². The van der Waals surface area contributed by atoms with E-state index in [0.29, 0.717) is 0 Å². The molecule has 0 radical (unpaired) electrons. The highest BCUT2D eigenvalue weighted by molar-refractivity contribution is 7.10. The summed E-state index contributed by atoms with van der Waals surface area (Å²) in [5, 5.41) is 4.60. The van der Waals surface area contributed by atoms with Crippen LogP contribution < -0.4 is 10.5 Å². The maximum Gasteiger partial charge on any atom is 0.119 e. The first-order chi connectivity index (χ1) is 10.2. The molecule has 2 N–H and O–H groups in total. The molecule has 1 unspecified atom stereocenters. The molecule has 21 heavy (non-hydrogen) atoms. The number of rotatable bonds is 4. The minimum absolute atomic E-state index is 0.0340. The van der Waals surface area contributed by atoms with Gasteiger partial charge in [-0.3, -0.25) is 0 Å². The minimum atomic E-state index is 0.0340. The molecule has 3 aromatic rings. The number of hydrogen-bond acceptors (Lipinski definition) is 3. The summed E-state index contributed by atoms with van der Waals surface area (Å²) in [6.45, 7) is 2.11. The van der Waals surface area contributed by atoms with Crippen LogP contribution in [-0.4, -0.2) is 7.11 Å². The number of thiophene rings is 1. The number of methoxy groups -OCH3 is 1. The normalized spacial score (nSPS) is 12.5. The van der Waals surface area contributed by atoms with E-state index in [0.717, 1.165) is 12.2 Å². The minimum Gasteiger partial charge on any atom is -0.497 e. The van der Waals surface area contributed by atoms with Crippen LogP contribution in [0.5, 0.6) is 5.75 Å². The number of hydrogen-bond donors (Lipinski definition) is 1. The molecular weight excluding hydrogens is 278 g/mol. The monoisotopic (exact) mass is 297 g/mol. The fourth-order valence-corrected chi connectivity index (χ4v) is 3.40. The highest BCUT2D eigenvalue weighted by atomic mass is 32.1. The molecule has 0 spiro atoms. The van der Waals surface area contributed by atoms with Crippen molar-refractivity contribution in [1.29, 1.82) is 0 Å². The van der Waals surface area contributed by atoms with E-state index in [9.17, 15) is 0 Å². The SMILES string of the molecule is COc1ccc2cccc(CC(N)c3csc(C)c3)c2c1. The van der Waals surface area contributed by atoms with E-state index in [-0.39, 0.29) is 6.04 Å². The van der Waals surface area contributed by atoms with E-state index in [1.165, 1.54) is 26.8 Å². The molecule has 1 atom stereocenters. The van der Waals surface area contributed by atoms with Gasteiger partial charge < -0.3 is 10.5 Å². The smallest absolute Gasteiger partial charge is 0.119 e. The molecule has 0 aliphatic heterocycles. The quantitative estimate of drug-likeness (QED) is 0.771. The molecule has 3 rings (SSSR count). The van der Waals surface area contributed by atoms with Crippen molar-refractivity contribution >= 4 is 22.1 Å². The van der Waals surface area contributed by atoms with Crippen molar-refractivity contribution in [3.63, 3.8) is 0 Å². The zero-order valence-corrected chi connectivity index (χ0v) is 13.1. The van der Waals surface area contributed by atoms with Crippen molar-refractivity contribution in [3.05, 3.63) is 63.8 Å². The number of aryl methyl sites for hydroxylation is 1. The molecule has 2 nitrogen and oxygen atoms in total. The van der Waals surface area contributed by atoms with Crippen LogP contribution in [0, 0.1) is 6.92 Å². The lowest BCUT2D eigenvalue weighted by molar-refractivity contribution is 0.415. The number of ether oxygens (including phenoxy) is 1. The Morgan fingerprint density at radius 1 is 1.19 bits per heavy atom. The maximum atomic E-state index is 6.38. The van der Waals surface area contributed by atoms with Gasteiger partial charge in [-0.1, -0.05) is 24.3 Å². The molecule has 0 amide bonds. The molecule has 0 bridgehead atoms. The van der Waals surface area contributed by atoms with Crippen molar-refractivity contribution in [1.82, 2.24) is 0 Å². The Labute approximate surface area is 129 Å². The summed E-state index contributed by atoms with van der Waals surface area (Å²) in [6, 6.07) is 14.8. The van der Waals surface area contributed by atoms with Gasteiger partial charge in [0.1, 0.15) is 5.75 Å². The second-order valence-corrected chi connectivity index (χ2v) is 6.42. The van der Waals surface area contributed by atoms with Crippen LogP contribution in [0.3, 0.4) is 0 Å². The van der Waals surface area contributed by atoms with E-state index < -0.39 is 0 Å². The van der Waals surface area contributed by atoms with Gasteiger partial charge in [0.05, 0.1) is 7.11 Å². The van der Waals surface area contributed by atoms with E-state index in [2.05, 4.69) is 48.7 Å². The van der Waals surface area contributed by atoms with Gasteiger partial charge in [0.2, 0.25) is 0 Å². The zero-order valence-electron chi connectivity index (χ0n) is 12.3. The molecular formula is C18H19NOS. The lowest BCUT2D eigenvalue weighted by Gasteiger charge is -2.13. The average Bonchev–Trinajstić information content (AvgIpc) is 2.94. The Hall–Kier alpha value is -1.84. The predicted octanol–water partition coefficient (Wildman–Crippen LogP) is 4.46. The lowest BCUT2D eigenvalue weighted by Crippen LogP contribution is -2.12. The highest BCUT2D eigenvalue weighted by Crippen LogP contribution is 2.28. The highest BCUT2D eigenvalue weighted by Gasteiger charge is 2.11. The van der Waals surface area contributed by atoms with Crippen molar-refractivity contribution in [2.24, 2.45) is 5.73 Å². The molecule has 2 aromatic carbocycles. The second kappa shape index (κ2) is 5.88. The van der Waals surface area contributed by atoms with E-state index in [1.807, 2.05) is 6.07 Å². The molecule has 0 saturated heterocycles. The average molecular weight is 297 g/mol. The van der Waals surface area contributed by atoms with Crippen LogP contribution in [0.25, 0.3) is 10.8 Å². The van der Waals surface area contributed by atoms with Gasteiger partial charge in [-0.25, -0.2) is 0 Å². The van der Waals surface area contributed by atoms with Crippen LogP contribution in [0.1, 0.15) is 22.0 Å². The van der Waals surface area contributed by atoms with Gasteiger partial charge in [0, 0.05) is 10.9 Å². The van der Waals surface area contributed by atoms with E-state index in [1.54, 1.807) is 18.4 Å². The third-order valence-electron chi connectivity index (χ3n) is 3.80. The van der Waals surface area contributed by atoms with Crippen molar-refractivity contribution < 1.29 is 4.74 Å². The van der Waals surface area contributed by atoms with E-state index >= 15 is 0 Å². The summed E-state index contributed by atoms with van der Waals surface area (Å²) in [5.74, 6) is 0.884. The van der Waals surface area contributed by atoms with Crippen molar-refractivity contribution in [3.8, 4) is 5.75 Å². The Kier molecular flexibility index (Phi) is 3.95. The Bertz CT molecular complexity index is 763. The maximum absolute atomic E-state index is 6.38. The van der Waals surface area contributed by atoms with Crippen LogP contribution in [0.4, 0.5) is 0 Å². The third kappa shape index (κ3) is 2.94. The van der Waals surface area contributed by atoms with Gasteiger partial charge in [-0.15, -0.1) is 11.3 Å². The zero-order chi connectivity index (χ0) is 14.8. The number of fused-ring (bicyclic) bond motifs is 1. The lowest BCUT2D eigenvalue weighted by atomic mass is 9.96. The van der Waals surface area contributed by atoms with E-state index in [4.69, 9.17) is 10.5 Å². The molecule has 1 aromatic heterocycles. The third-order valence-corrected chi connectivity index (χ3v) is 4.68. The Morgan fingerprint density at radius 2 is 2.05 bits per heavy atom.